The molecule has 112 valence electrons. The van der Waals surface area contributed by atoms with Gasteiger partial charge in [0.15, 0.2) is 0 Å². The van der Waals surface area contributed by atoms with Crippen molar-refractivity contribution in [1.29, 1.82) is 0 Å². The molecule has 1 aliphatic rings. The summed E-state index contributed by atoms with van der Waals surface area (Å²) < 4.78 is 0. The Morgan fingerprint density at radius 1 is 1.26 bits per heavy atom. The first-order valence-electron chi connectivity index (χ1n) is 7.82. The number of nitrogens with two attached hydrogens (primary N) is 1. The highest BCUT2D eigenvalue weighted by Crippen LogP contribution is 2.29. The zero-order chi connectivity index (χ0) is 14.5. The molecule has 0 unspecified atom stereocenters. The number of hydrogen-bond donors (Lipinski definition) is 2. The molecule has 1 rings (SSSR count). The topological polar surface area (TPSA) is 55.1 Å². The molecule has 1 fully saturated rings. The van der Waals surface area contributed by atoms with Crippen molar-refractivity contribution in [1.82, 2.24) is 5.32 Å². The average Bonchev–Trinajstić information content (AvgIpc) is 2.34. The van der Waals surface area contributed by atoms with Gasteiger partial charge in [-0.2, -0.15) is 0 Å². The molecule has 0 spiro atoms. The van der Waals surface area contributed by atoms with Crippen molar-refractivity contribution in [2.24, 2.45) is 28.9 Å². The van der Waals surface area contributed by atoms with Crippen LogP contribution in [0.1, 0.15) is 59.8 Å². The standard InChI is InChI=1S/C16H32N2O/c1-12(2)9-16(3,4)11-18-15(19)14-7-5-13(10-17)6-8-14/h12-14H,5-11,17H2,1-4H3,(H,18,19). The zero-order valence-corrected chi connectivity index (χ0v) is 13.2. The van der Waals surface area contributed by atoms with Gasteiger partial charge in [0.05, 0.1) is 0 Å². The van der Waals surface area contributed by atoms with Crippen LogP contribution in [-0.4, -0.2) is 19.0 Å². The maximum absolute atomic E-state index is 12.2. The van der Waals surface area contributed by atoms with Crippen LogP contribution in [0.5, 0.6) is 0 Å². The highest BCUT2D eigenvalue weighted by molar-refractivity contribution is 5.78. The van der Waals surface area contributed by atoms with Crippen molar-refractivity contribution in [3.63, 3.8) is 0 Å². The molecule has 1 saturated carbocycles. The van der Waals surface area contributed by atoms with E-state index in [9.17, 15) is 4.79 Å². The molecule has 3 heteroatoms. The summed E-state index contributed by atoms with van der Waals surface area (Å²) in [7, 11) is 0. The van der Waals surface area contributed by atoms with Crippen molar-refractivity contribution in [2.45, 2.75) is 59.8 Å². The van der Waals surface area contributed by atoms with Crippen LogP contribution in [0.15, 0.2) is 0 Å². The van der Waals surface area contributed by atoms with Crippen LogP contribution in [-0.2, 0) is 4.79 Å². The lowest BCUT2D eigenvalue weighted by Crippen LogP contribution is -2.39. The Hall–Kier alpha value is -0.570. The first-order chi connectivity index (χ1) is 8.84. The predicted octanol–water partition coefficient (Wildman–Crippen LogP) is 2.94. The number of amides is 1. The molecule has 0 aliphatic heterocycles. The van der Waals surface area contributed by atoms with Gasteiger partial charge < -0.3 is 11.1 Å². The molecule has 0 radical (unpaired) electrons. The van der Waals surface area contributed by atoms with Gasteiger partial charge in [0.1, 0.15) is 0 Å². The van der Waals surface area contributed by atoms with E-state index in [0.717, 1.165) is 45.2 Å². The van der Waals surface area contributed by atoms with Crippen molar-refractivity contribution >= 4 is 5.91 Å². The lowest BCUT2D eigenvalue weighted by Gasteiger charge is -2.30. The summed E-state index contributed by atoms with van der Waals surface area (Å²) in [6.45, 7) is 10.5. The summed E-state index contributed by atoms with van der Waals surface area (Å²) in [5, 5.41) is 3.16. The summed E-state index contributed by atoms with van der Waals surface area (Å²) >= 11 is 0. The molecule has 0 aromatic rings. The first-order valence-corrected chi connectivity index (χ1v) is 7.82. The van der Waals surface area contributed by atoms with Gasteiger partial charge in [-0.3, -0.25) is 4.79 Å². The Kier molecular flexibility index (Phi) is 6.31. The molecular weight excluding hydrogens is 236 g/mol. The molecule has 3 nitrogen and oxygen atoms in total. The third-order valence-corrected chi connectivity index (χ3v) is 4.25. The van der Waals surface area contributed by atoms with Gasteiger partial charge in [-0.05, 0) is 55.9 Å². The van der Waals surface area contributed by atoms with E-state index >= 15 is 0 Å². The molecular formula is C16H32N2O. The van der Waals surface area contributed by atoms with Crippen LogP contribution in [0.2, 0.25) is 0 Å². The SMILES string of the molecule is CC(C)CC(C)(C)CNC(=O)C1CCC(CN)CC1. The molecule has 3 N–H and O–H groups in total. The predicted molar refractivity (Wildman–Crippen MR) is 80.7 cm³/mol. The minimum atomic E-state index is 0.193. The normalized spacial score (nSPS) is 24.5. The highest BCUT2D eigenvalue weighted by atomic mass is 16.1. The quantitative estimate of drug-likeness (QED) is 0.778. The number of nitrogens with one attached hydrogen (secondary N) is 1. The molecule has 0 saturated heterocycles. The van der Waals surface area contributed by atoms with Crippen LogP contribution >= 0.6 is 0 Å². The molecule has 1 aliphatic carbocycles. The van der Waals surface area contributed by atoms with Crippen LogP contribution in [0, 0.1) is 23.2 Å². The smallest absolute Gasteiger partial charge is 0.223 e. The fourth-order valence-electron chi connectivity index (χ4n) is 3.31. The van der Waals surface area contributed by atoms with Crippen LogP contribution < -0.4 is 11.1 Å². The maximum Gasteiger partial charge on any atom is 0.223 e. The van der Waals surface area contributed by atoms with Crippen molar-refractivity contribution in [3.8, 4) is 0 Å². The second-order valence-corrected chi connectivity index (χ2v) is 7.43. The summed E-state index contributed by atoms with van der Waals surface area (Å²) in [6, 6.07) is 0. The van der Waals surface area contributed by atoms with Crippen LogP contribution in [0.25, 0.3) is 0 Å². The monoisotopic (exact) mass is 268 g/mol. The summed E-state index contributed by atoms with van der Waals surface area (Å²) in [5.41, 5.74) is 5.88. The van der Waals surface area contributed by atoms with E-state index in [0.29, 0.717) is 11.8 Å². The molecule has 0 aromatic carbocycles. The van der Waals surface area contributed by atoms with Crippen LogP contribution in [0.4, 0.5) is 0 Å². The fourth-order valence-corrected chi connectivity index (χ4v) is 3.31. The molecule has 19 heavy (non-hydrogen) atoms. The van der Waals surface area contributed by atoms with E-state index in [4.69, 9.17) is 5.73 Å². The summed E-state index contributed by atoms with van der Waals surface area (Å²) in [4.78, 5) is 12.2. The minimum absolute atomic E-state index is 0.193. The first kappa shape index (κ1) is 16.5. The van der Waals surface area contributed by atoms with Gasteiger partial charge in [0.2, 0.25) is 5.91 Å². The Bertz CT molecular complexity index is 278. The zero-order valence-electron chi connectivity index (χ0n) is 13.2. The fraction of sp³-hybridized carbons (Fsp3) is 0.938. The molecule has 0 atom stereocenters. The molecule has 1 amide bonds. The number of hydrogen-bond acceptors (Lipinski definition) is 2. The summed E-state index contributed by atoms with van der Waals surface area (Å²) in [6.07, 6.45) is 5.40. The number of carbonyl (C=O) groups excluding carboxylic acids is 1. The van der Waals surface area contributed by atoms with Crippen molar-refractivity contribution in [3.05, 3.63) is 0 Å². The molecule has 0 aromatic heterocycles. The number of rotatable bonds is 6. The van der Waals surface area contributed by atoms with Gasteiger partial charge in [0, 0.05) is 12.5 Å². The lowest BCUT2D eigenvalue weighted by atomic mass is 9.81. The van der Waals surface area contributed by atoms with E-state index < -0.39 is 0 Å². The second kappa shape index (κ2) is 7.28. The van der Waals surface area contributed by atoms with E-state index in [2.05, 4.69) is 33.0 Å². The molecule has 0 bridgehead atoms. The van der Waals surface area contributed by atoms with Gasteiger partial charge >= 0.3 is 0 Å². The van der Waals surface area contributed by atoms with Crippen LogP contribution in [0.3, 0.4) is 0 Å². The van der Waals surface area contributed by atoms with Crippen molar-refractivity contribution < 1.29 is 4.79 Å². The van der Waals surface area contributed by atoms with Gasteiger partial charge in [-0.25, -0.2) is 0 Å². The average molecular weight is 268 g/mol. The van der Waals surface area contributed by atoms with E-state index in [1.54, 1.807) is 0 Å². The Morgan fingerprint density at radius 2 is 1.84 bits per heavy atom. The van der Waals surface area contributed by atoms with E-state index in [1.807, 2.05) is 0 Å². The maximum atomic E-state index is 12.2. The minimum Gasteiger partial charge on any atom is -0.355 e. The lowest BCUT2D eigenvalue weighted by molar-refractivity contribution is -0.126. The largest absolute Gasteiger partial charge is 0.355 e. The van der Waals surface area contributed by atoms with Crippen molar-refractivity contribution in [2.75, 3.05) is 13.1 Å². The number of carbonyl (C=O) groups is 1. The third-order valence-electron chi connectivity index (χ3n) is 4.25. The summed E-state index contributed by atoms with van der Waals surface area (Å²) in [5.74, 6) is 1.79. The molecule has 0 heterocycles. The second-order valence-electron chi connectivity index (χ2n) is 7.43. The van der Waals surface area contributed by atoms with E-state index in [1.165, 1.54) is 0 Å². The Labute approximate surface area is 118 Å². The van der Waals surface area contributed by atoms with Gasteiger partial charge in [-0.1, -0.05) is 27.7 Å². The Balaban J connectivity index is 2.32. The highest BCUT2D eigenvalue weighted by Gasteiger charge is 2.27. The Morgan fingerprint density at radius 3 is 2.32 bits per heavy atom. The third kappa shape index (κ3) is 5.94. The van der Waals surface area contributed by atoms with E-state index in [-0.39, 0.29) is 17.2 Å². The van der Waals surface area contributed by atoms with Gasteiger partial charge in [-0.15, -0.1) is 0 Å². The van der Waals surface area contributed by atoms with Gasteiger partial charge in [0.25, 0.3) is 0 Å².